The van der Waals surface area contributed by atoms with Crippen molar-refractivity contribution in [2.24, 2.45) is 4.99 Å². The predicted octanol–water partition coefficient (Wildman–Crippen LogP) is 9.00. The van der Waals surface area contributed by atoms with Gasteiger partial charge >= 0.3 is 0 Å². The van der Waals surface area contributed by atoms with Crippen molar-refractivity contribution in [3.05, 3.63) is 53.5 Å². The Kier molecular flexibility index (Phi) is 10.6. The molecule has 1 aliphatic heterocycles. The largest absolute Gasteiger partial charge is 0.360 e. The Balaban J connectivity index is 0.00000363. The average molecular weight is 456 g/mol. The van der Waals surface area contributed by atoms with E-state index in [0.29, 0.717) is 0 Å². The first-order chi connectivity index (χ1) is 15.0. The molecule has 32 heavy (non-hydrogen) atoms. The Hall–Kier alpha value is -2.00. The summed E-state index contributed by atoms with van der Waals surface area (Å²) in [5.41, 5.74) is 7.08. The Bertz CT molecular complexity index is 892. The van der Waals surface area contributed by atoms with Gasteiger partial charge in [-0.25, -0.2) is 0 Å². The highest BCUT2D eigenvalue weighted by atomic mass is 35.5. The minimum Gasteiger partial charge on any atom is -0.360 e. The summed E-state index contributed by atoms with van der Waals surface area (Å²) in [5.74, 6) is 0. The van der Waals surface area contributed by atoms with Crippen molar-refractivity contribution in [1.82, 2.24) is 9.97 Å². The van der Waals surface area contributed by atoms with Crippen molar-refractivity contribution in [2.45, 2.75) is 97.3 Å². The highest BCUT2D eigenvalue weighted by Gasteiger charge is 2.22. The van der Waals surface area contributed by atoms with Crippen LogP contribution < -0.4 is 0 Å². The van der Waals surface area contributed by atoms with Gasteiger partial charge in [0.15, 0.2) is 0 Å². The number of H-pyrrole nitrogens is 2. The van der Waals surface area contributed by atoms with E-state index in [0.717, 1.165) is 23.5 Å². The van der Waals surface area contributed by atoms with E-state index in [-0.39, 0.29) is 17.8 Å². The second kappa shape index (κ2) is 12.9. The smallest absolute Gasteiger partial charge is 0.0662 e. The fourth-order valence-corrected chi connectivity index (χ4v) is 4.26. The van der Waals surface area contributed by atoms with Crippen LogP contribution in [-0.2, 0) is 5.41 Å². The maximum absolute atomic E-state index is 4.85. The summed E-state index contributed by atoms with van der Waals surface area (Å²) in [4.78, 5) is 11.8. The summed E-state index contributed by atoms with van der Waals surface area (Å²) < 4.78 is 0. The van der Waals surface area contributed by atoms with E-state index in [1.807, 2.05) is 12.3 Å². The minimum atomic E-state index is 0. The number of nitrogens with zero attached hydrogens (tertiary/aromatic N) is 1. The minimum absolute atomic E-state index is 0. The molecule has 0 atom stereocenters. The molecule has 176 valence electrons. The maximum atomic E-state index is 4.85. The lowest BCUT2D eigenvalue weighted by Crippen LogP contribution is -2.11. The molecule has 0 amide bonds. The van der Waals surface area contributed by atoms with Crippen LogP contribution in [0.5, 0.6) is 0 Å². The molecule has 2 aromatic heterocycles. The first-order valence-corrected chi connectivity index (χ1v) is 12.3. The van der Waals surface area contributed by atoms with E-state index < -0.39 is 0 Å². The summed E-state index contributed by atoms with van der Waals surface area (Å²) in [6, 6.07) is 6.43. The molecule has 2 N–H and O–H groups in total. The predicted molar refractivity (Wildman–Crippen MR) is 143 cm³/mol. The van der Waals surface area contributed by atoms with E-state index in [4.69, 9.17) is 4.99 Å². The molecule has 0 radical (unpaired) electrons. The monoisotopic (exact) mass is 455 g/mol. The Morgan fingerprint density at radius 3 is 2.25 bits per heavy atom. The quantitative estimate of drug-likeness (QED) is 0.300. The molecule has 0 aliphatic carbocycles. The zero-order valence-electron chi connectivity index (χ0n) is 20.5. The normalized spacial score (nSPS) is 14.8. The van der Waals surface area contributed by atoms with Gasteiger partial charge in [0, 0.05) is 17.6 Å². The zero-order valence-corrected chi connectivity index (χ0v) is 21.3. The van der Waals surface area contributed by atoms with Crippen LogP contribution in [0, 0.1) is 0 Å². The Morgan fingerprint density at radius 2 is 1.62 bits per heavy atom. The van der Waals surface area contributed by atoms with Gasteiger partial charge in [0.2, 0.25) is 0 Å². The van der Waals surface area contributed by atoms with Crippen molar-refractivity contribution in [2.75, 3.05) is 0 Å². The van der Waals surface area contributed by atoms with Crippen LogP contribution >= 0.6 is 12.4 Å². The lowest BCUT2D eigenvalue weighted by molar-refractivity contribution is 0.568. The van der Waals surface area contributed by atoms with Gasteiger partial charge in [-0.05, 0) is 60.2 Å². The number of hydrogen-bond acceptors (Lipinski definition) is 1. The molecule has 4 heteroatoms. The third-order valence-corrected chi connectivity index (χ3v) is 6.07. The van der Waals surface area contributed by atoms with Crippen LogP contribution in [-0.4, -0.2) is 15.7 Å². The van der Waals surface area contributed by atoms with Gasteiger partial charge in [-0.2, -0.15) is 0 Å². The van der Waals surface area contributed by atoms with Gasteiger partial charge in [-0.3, -0.25) is 4.99 Å². The summed E-state index contributed by atoms with van der Waals surface area (Å²) >= 11 is 0. The third kappa shape index (κ3) is 7.85. The lowest BCUT2D eigenvalue weighted by Gasteiger charge is -2.18. The Morgan fingerprint density at radius 1 is 0.938 bits per heavy atom. The summed E-state index contributed by atoms with van der Waals surface area (Å²) in [6.45, 7) is 9.06. The fraction of sp³-hybridized carbons (Fsp3) is 0.536. The van der Waals surface area contributed by atoms with Gasteiger partial charge < -0.3 is 9.97 Å². The van der Waals surface area contributed by atoms with Crippen LogP contribution in [0.1, 0.15) is 103 Å². The van der Waals surface area contributed by atoms with Crippen molar-refractivity contribution < 1.29 is 0 Å². The molecule has 0 saturated heterocycles. The number of unbranched alkanes of at least 4 members (excludes halogenated alkanes) is 8. The number of rotatable bonds is 12. The van der Waals surface area contributed by atoms with Crippen molar-refractivity contribution >= 4 is 24.2 Å². The zero-order chi connectivity index (χ0) is 22.1. The average Bonchev–Trinajstić information content (AvgIpc) is 3.47. The lowest BCUT2D eigenvalue weighted by atomic mass is 9.86. The molecule has 0 bridgehead atoms. The highest BCUT2D eigenvalue weighted by molar-refractivity contribution is 5.99. The van der Waals surface area contributed by atoms with E-state index in [1.54, 1.807) is 0 Å². The summed E-state index contributed by atoms with van der Waals surface area (Å²) in [5, 5.41) is 0. The van der Waals surface area contributed by atoms with Crippen LogP contribution in [0.2, 0.25) is 0 Å². The summed E-state index contributed by atoms with van der Waals surface area (Å²) in [7, 11) is 0. The topological polar surface area (TPSA) is 43.9 Å². The van der Waals surface area contributed by atoms with Crippen molar-refractivity contribution in [3.63, 3.8) is 0 Å². The first-order valence-electron chi connectivity index (χ1n) is 12.3. The highest BCUT2D eigenvalue weighted by Crippen LogP contribution is 2.33. The Labute approximate surface area is 201 Å². The molecule has 2 aromatic rings. The number of halogens is 1. The fourth-order valence-electron chi connectivity index (χ4n) is 4.26. The third-order valence-electron chi connectivity index (χ3n) is 6.07. The van der Waals surface area contributed by atoms with Crippen LogP contribution in [0.3, 0.4) is 0 Å². The number of aromatic amines is 2. The number of hydrogen-bond donors (Lipinski definition) is 2. The van der Waals surface area contributed by atoms with Crippen molar-refractivity contribution in [3.8, 4) is 11.4 Å². The van der Waals surface area contributed by atoms with Crippen LogP contribution in [0.4, 0.5) is 0 Å². The number of aliphatic imine (C=N–C) groups is 1. The number of aromatic nitrogens is 2. The molecule has 0 spiro atoms. The first kappa shape index (κ1) is 26.3. The van der Waals surface area contributed by atoms with Gasteiger partial charge in [-0.15, -0.1) is 12.4 Å². The molecule has 3 rings (SSSR count). The summed E-state index contributed by atoms with van der Waals surface area (Å²) in [6.07, 6.45) is 21.9. The van der Waals surface area contributed by atoms with E-state index >= 15 is 0 Å². The van der Waals surface area contributed by atoms with E-state index in [9.17, 15) is 0 Å². The molecular weight excluding hydrogens is 414 g/mol. The molecule has 1 aliphatic rings. The molecule has 3 nitrogen and oxygen atoms in total. The van der Waals surface area contributed by atoms with Gasteiger partial charge in [0.05, 0.1) is 17.1 Å². The molecular formula is C28H42ClN3. The van der Waals surface area contributed by atoms with Gasteiger partial charge in [0.1, 0.15) is 0 Å². The van der Waals surface area contributed by atoms with Crippen molar-refractivity contribution in [1.29, 1.82) is 0 Å². The van der Waals surface area contributed by atoms with Crippen LogP contribution in [0.15, 0.2) is 47.2 Å². The molecule has 0 saturated carbocycles. The standard InChI is InChI=1S/C28H41N3.ClH/c1-5-6-7-8-9-10-11-12-13-15-22-17-18-23(30-22)20-24-21-25(28(2,3)4)27(31-24)26-16-14-19-29-26;/h14,16-21,29,31H,5-13,15H2,1-4H3;1H. The van der Waals surface area contributed by atoms with Gasteiger partial charge in [0.25, 0.3) is 0 Å². The SMILES string of the molecule is CCCCCCCCCCCC1=NC(=Cc2cc(C(C)(C)C)c(-c3ccc[nH]3)[nH]2)C=C1.Cl. The van der Waals surface area contributed by atoms with E-state index in [2.05, 4.69) is 68.0 Å². The molecule has 0 unspecified atom stereocenters. The number of allylic oxidation sites excluding steroid dienone is 2. The molecule has 3 heterocycles. The molecule has 0 fully saturated rings. The van der Waals surface area contributed by atoms with Gasteiger partial charge in [-0.1, -0.05) is 79.1 Å². The van der Waals surface area contributed by atoms with Crippen LogP contribution in [0.25, 0.3) is 17.5 Å². The van der Waals surface area contributed by atoms with E-state index in [1.165, 1.54) is 74.8 Å². The maximum Gasteiger partial charge on any atom is 0.0662 e. The second-order valence-electron chi connectivity index (χ2n) is 9.93. The number of nitrogens with one attached hydrogen (secondary N) is 2. The second-order valence-corrected chi connectivity index (χ2v) is 9.93. The molecule has 0 aromatic carbocycles.